The average Bonchev–Trinajstić information content (AvgIpc) is 3.03. The predicted molar refractivity (Wildman–Crippen MR) is 84.0 cm³/mol. The Balaban J connectivity index is 1.77. The number of benzene rings is 2. The first-order valence-electron chi connectivity index (χ1n) is 6.54. The SMILES string of the molecule is Oc1c(Cl)cccc1CNc1cccc(-n2cccn2)c1. The topological polar surface area (TPSA) is 50.1 Å². The third-order valence-electron chi connectivity index (χ3n) is 3.17. The fourth-order valence-corrected chi connectivity index (χ4v) is 2.27. The van der Waals surface area contributed by atoms with Gasteiger partial charge in [-0.15, -0.1) is 0 Å². The summed E-state index contributed by atoms with van der Waals surface area (Å²) in [5.74, 6) is 0.120. The van der Waals surface area contributed by atoms with Crippen molar-refractivity contribution in [1.82, 2.24) is 9.78 Å². The summed E-state index contributed by atoms with van der Waals surface area (Å²) in [6, 6.07) is 15.1. The van der Waals surface area contributed by atoms with E-state index in [4.69, 9.17) is 11.6 Å². The zero-order valence-electron chi connectivity index (χ0n) is 11.2. The minimum Gasteiger partial charge on any atom is -0.506 e. The van der Waals surface area contributed by atoms with Gasteiger partial charge in [0.2, 0.25) is 0 Å². The van der Waals surface area contributed by atoms with Crippen molar-refractivity contribution in [2.45, 2.75) is 6.54 Å². The number of nitrogens with zero attached hydrogens (tertiary/aromatic N) is 2. The van der Waals surface area contributed by atoms with E-state index in [1.54, 1.807) is 16.9 Å². The number of aromatic hydroxyl groups is 1. The van der Waals surface area contributed by atoms with E-state index in [-0.39, 0.29) is 5.75 Å². The molecule has 0 radical (unpaired) electrons. The van der Waals surface area contributed by atoms with Gasteiger partial charge in [0, 0.05) is 30.2 Å². The molecule has 0 aliphatic rings. The number of phenolic OH excluding ortho intramolecular Hbond substituents is 1. The third kappa shape index (κ3) is 3.01. The predicted octanol–water partition coefficient (Wildman–Crippen LogP) is 3.84. The van der Waals surface area contributed by atoms with Gasteiger partial charge < -0.3 is 10.4 Å². The summed E-state index contributed by atoms with van der Waals surface area (Å²) in [5.41, 5.74) is 2.68. The lowest BCUT2D eigenvalue weighted by atomic mass is 10.2. The maximum atomic E-state index is 9.89. The van der Waals surface area contributed by atoms with Gasteiger partial charge in [-0.25, -0.2) is 4.68 Å². The summed E-state index contributed by atoms with van der Waals surface area (Å²) in [5, 5.41) is 17.7. The average molecular weight is 300 g/mol. The summed E-state index contributed by atoms with van der Waals surface area (Å²) >= 11 is 5.90. The lowest BCUT2D eigenvalue weighted by Crippen LogP contribution is -2.01. The lowest BCUT2D eigenvalue weighted by Gasteiger charge is -2.10. The molecule has 2 N–H and O–H groups in total. The highest BCUT2D eigenvalue weighted by molar-refractivity contribution is 6.32. The second kappa shape index (κ2) is 5.89. The molecule has 0 saturated heterocycles. The number of halogens is 1. The molecular formula is C16H14ClN3O. The Morgan fingerprint density at radius 1 is 1.14 bits per heavy atom. The number of aromatic nitrogens is 2. The van der Waals surface area contributed by atoms with Crippen molar-refractivity contribution in [3.8, 4) is 11.4 Å². The zero-order chi connectivity index (χ0) is 14.7. The van der Waals surface area contributed by atoms with Crippen LogP contribution in [-0.2, 0) is 6.54 Å². The number of hydrogen-bond acceptors (Lipinski definition) is 3. The zero-order valence-corrected chi connectivity index (χ0v) is 12.0. The monoisotopic (exact) mass is 299 g/mol. The van der Waals surface area contributed by atoms with Crippen LogP contribution in [0, 0.1) is 0 Å². The highest BCUT2D eigenvalue weighted by atomic mass is 35.5. The quantitative estimate of drug-likeness (QED) is 0.769. The van der Waals surface area contributed by atoms with Crippen molar-refractivity contribution in [3.05, 3.63) is 71.5 Å². The van der Waals surface area contributed by atoms with E-state index in [1.807, 2.05) is 48.7 Å². The van der Waals surface area contributed by atoms with Gasteiger partial charge in [-0.2, -0.15) is 5.10 Å². The molecule has 4 nitrogen and oxygen atoms in total. The van der Waals surface area contributed by atoms with E-state index < -0.39 is 0 Å². The van der Waals surface area contributed by atoms with Crippen molar-refractivity contribution in [2.24, 2.45) is 0 Å². The van der Waals surface area contributed by atoms with Crippen LogP contribution < -0.4 is 5.32 Å². The number of para-hydroxylation sites is 1. The molecule has 2 aromatic carbocycles. The molecule has 3 aromatic rings. The first kappa shape index (κ1) is 13.5. The van der Waals surface area contributed by atoms with Crippen LogP contribution in [0.4, 0.5) is 5.69 Å². The maximum Gasteiger partial charge on any atom is 0.139 e. The van der Waals surface area contributed by atoms with Gasteiger partial charge in [0.1, 0.15) is 5.75 Å². The van der Waals surface area contributed by atoms with Crippen LogP contribution in [0.2, 0.25) is 5.02 Å². The molecule has 21 heavy (non-hydrogen) atoms. The molecule has 0 aliphatic carbocycles. The van der Waals surface area contributed by atoms with Crippen molar-refractivity contribution in [3.63, 3.8) is 0 Å². The van der Waals surface area contributed by atoms with Gasteiger partial charge >= 0.3 is 0 Å². The smallest absolute Gasteiger partial charge is 0.139 e. The van der Waals surface area contributed by atoms with E-state index in [1.165, 1.54) is 0 Å². The molecule has 5 heteroatoms. The van der Waals surface area contributed by atoms with Crippen molar-refractivity contribution < 1.29 is 5.11 Å². The minimum absolute atomic E-state index is 0.120. The molecule has 0 unspecified atom stereocenters. The summed E-state index contributed by atoms with van der Waals surface area (Å²) < 4.78 is 1.79. The van der Waals surface area contributed by atoms with Gasteiger partial charge in [-0.05, 0) is 30.3 Å². The second-order valence-corrected chi connectivity index (χ2v) is 5.01. The summed E-state index contributed by atoms with van der Waals surface area (Å²) in [7, 11) is 0. The first-order valence-corrected chi connectivity index (χ1v) is 6.92. The highest BCUT2D eigenvalue weighted by Crippen LogP contribution is 2.27. The molecule has 0 aliphatic heterocycles. The molecule has 0 spiro atoms. The molecule has 0 fully saturated rings. The van der Waals surface area contributed by atoms with Crippen LogP contribution in [0.1, 0.15) is 5.56 Å². The van der Waals surface area contributed by atoms with E-state index in [9.17, 15) is 5.11 Å². The Kier molecular flexibility index (Phi) is 3.79. The Labute approximate surface area is 127 Å². The molecule has 0 saturated carbocycles. The maximum absolute atomic E-state index is 9.89. The van der Waals surface area contributed by atoms with E-state index >= 15 is 0 Å². The number of anilines is 1. The van der Waals surface area contributed by atoms with Crippen molar-refractivity contribution in [1.29, 1.82) is 0 Å². The molecule has 0 atom stereocenters. The summed E-state index contributed by atoms with van der Waals surface area (Å²) in [4.78, 5) is 0. The standard InChI is InChI=1S/C16H14ClN3O/c17-15-7-1-4-12(16(15)21)11-18-13-5-2-6-14(10-13)20-9-3-8-19-20/h1-10,18,21H,11H2. The van der Waals surface area contributed by atoms with Crippen LogP contribution in [-0.4, -0.2) is 14.9 Å². The molecular weight excluding hydrogens is 286 g/mol. The Bertz CT molecular complexity index is 741. The minimum atomic E-state index is 0.120. The fraction of sp³-hybridized carbons (Fsp3) is 0.0625. The fourth-order valence-electron chi connectivity index (χ4n) is 2.08. The van der Waals surface area contributed by atoms with E-state index in [2.05, 4.69) is 10.4 Å². The molecule has 3 rings (SSSR count). The number of hydrogen-bond donors (Lipinski definition) is 2. The number of nitrogens with one attached hydrogen (secondary N) is 1. The summed E-state index contributed by atoms with van der Waals surface area (Å²) in [6.07, 6.45) is 3.63. The second-order valence-electron chi connectivity index (χ2n) is 4.60. The van der Waals surface area contributed by atoms with Crippen LogP contribution >= 0.6 is 11.6 Å². The normalized spacial score (nSPS) is 10.5. The lowest BCUT2D eigenvalue weighted by molar-refractivity contribution is 0.469. The summed E-state index contributed by atoms with van der Waals surface area (Å²) in [6.45, 7) is 0.495. The van der Waals surface area contributed by atoms with Crippen LogP contribution in [0.15, 0.2) is 60.9 Å². The Morgan fingerprint density at radius 2 is 2.00 bits per heavy atom. The third-order valence-corrected chi connectivity index (χ3v) is 3.47. The molecule has 1 aromatic heterocycles. The largest absolute Gasteiger partial charge is 0.506 e. The van der Waals surface area contributed by atoms with Gasteiger partial charge in [0.25, 0.3) is 0 Å². The van der Waals surface area contributed by atoms with E-state index in [0.29, 0.717) is 11.6 Å². The van der Waals surface area contributed by atoms with Crippen LogP contribution in [0.3, 0.4) is 0 Å². The Hall–Kier alpha value is -2.46. The van der Waals surface area contributed by atoms with Gasteiger partial charge in [0.05, 0.1) is 10.7 Å². The number of phenols is 1. The first-order chi connectivity index (χ1) is 10.2. The van der Waals surface area contributed by atoms with Crippen LogP contribution in [0.5, 0.6) is 5.75 Å². The van der Waals surface area contributed by atoms with E-state index in [0.717, 1.165) is 16.9 Å². The molecule has 0 bridgehead atoms. The van der Waals surface area contributed by atoms with Gasteiger partial charge in [-0.1, -0.05) is 29.8 Å². The van der Waals surface area contributed by atoms with Crippen molar-refractivity contribution in [2.75, 3.05) is 5.32 Å². The van der Waals surface area contributed by atoms with Gasteiger partial charge in [0.15, 0.2) is 0 Å². The van der Waals surface area contributed by atoms with Gasteiger partial charge in [-0.3, -0.25) is 0 Å². The molecule has 0 amide bonds. The molecule has 106 valence electrons. The van der Waals surface area contributed by atoms with Crippen LogP contribution in [0.25, 0.3) is 5.69 Å². The number of rotatable bonds is 4. The van der Waals surface area contributed by atoms with Crippen molar-refractivity contribution >= 4 is 17.3 Å². The molecule has 1 heterocycles. The Morgan fingerprint density at radius 3 is 2.81 bits per heavy atom. The highest BCUT2D eigenvalue weighted by Gasteiger charge is 2.05.